The molecule has 2 rings (SSSR count). The van der Waals surface area contributed by atoms with Gasteiger partial charge in [0.05, 0.1) is 12.7 Å². The minimum absolute atomic E-state index is 0.0221. The van der Waals surface area contributed by atoms with Gasteiger partial charge >= 0.3 is 12.1 Å². The van der Waals surface area contributed by atoms with Crippen molar-refractivity contribution in [2.24, 2.45) is 5.41 Å². The first-order valence-corrected chi connectivity index (χ1v) is 5.90. The van der Waals surface area contributed by atoms with Crippen molar-refractivity contribution >= 4 is 5.97 Å². The summed E-state index contributed by atoms with van der Waals surface area (Å²) in [5, 5.41) is 8.83. The molecule has 1 aromatic rings. The average molecular weight is 290 g/mol. The fourth-order valence-electron chi connectivity index (χ4n) is 1.80. The lowest BCUT2D eigenvalue weighted by Crippen LogP contribution is -2.30. The van der Waals surface area contributed by atoms with Crippen LogP contribution in [0, 0.1) is 5.41 Å². The van der Waals surface area contributed by atoms with Crippen LogP contribution in [-0.2, 0) is 0 Å². The summed E-state index contributed by atoms with van der Waals surface area (Å²) in [5.41, 5.74) is -1.80. The molecule has 0 aromatic heterocycles. The number of hydrogen-bond donors (Lipinski definition) is 1. The van der Waals surface area contributed by atoms with Gasteiger partial charge in [-0.05, 0) is 31.0 Å². The minimum atomic E-state index is -4.29. The SMILES string of the molecule is COc1cc(C(=O)O)ccc1OCC1(C(F)(F)F)CC1. The predicted molar refractivity (Wildman–Crippen MR) is 63.2 cm³/mol. The van der Waals surface area contributed by atoms with Gasteiger partial charge in [0, 0.05) is 0 Å². The molecule has 0 aliphatic heterocycles. The van der Waals surface area contributed by atoms with Crippen LogP contribution in [0.25, 0.3) is 0 Å². The van der Waals surface area contributed by atoms with E-state index in [0.29, 0.717) is 0 Å². The van der Waals surface area contributed by atoms with Crippen LogP contribution < -0.4 is 9.47 Å². The van der Waals surface area contributed by atoms with E-state index in [4.69, 9.17) is 14.6 Å². The molecule has 0 amide bonds. The third-order valence-electron chi connectivity index (χ3n) is 3.37. The van der Waals surface area contributed by atoms with Gasteiger partial charge in [0.25, 0.3) is 0 Å². The van der Waals surface area contributed by atoms with Crippen molar-refractivity contribution in [2.75, 3.05) is 13.7 Å². The quantitative estimate of drug-likeness (QED) is 0.905. The third-order valence-corrected chi connectivity index (χ3v) is 3.37. The van der Waals surface area contributed by atoms with E-state index in [1.54, 1.807) is 0 Å². The van der Waals surface area contributed by atoms with E-state index < -0.39 is 24.2 Å². The Labute approximate surface area is 113 Å². The number of ether oxygens (including phenoxy) is 2. The van der Waals surface area contributed by atoms with Gasteiger partial charge in [-0.15, -0.1) is 0 Å². The smallest absolute Gasteiger partial charge is 0.397 e. The summed E-state index contributed by atoms with van der Waals surface area (Å²) in [4.78, 5) is 10.8. The molecule has 1 fully saturated rings. The molecule has 1 aliphatic rings. The first kappa shape index (κ1) is 14.5. The zero-order valence-electron chi connectivity index (χ0n) is 10.7. The number of carbonyl (C=O) groups is 1. The first-order valence-electron chi connectivity index (χ1n) is 5.90. The third kappa shape index (κ3) is 2.66. The number of methoxy groups -OCH3 is 1. The molecule has 0 saturated heterocycles. The summed E-state index contributed by atoms with van der Waals surface area (Å²) < 4.78 is 48.4. The largest absolute Gasteiger partial charge is 0.493 e. The Kier molecular flexibility index (Phi) is 3.54. The molecule has 0 atom stereocenters. The lowest BCUT2D eigenvalue weighted by atomic mass is 10.1. The Morgan fingerprint density at radius 2 is 2.00 bits per heavy atom. The van der Waals surface area contributed by atoms with Crippen LogP contribution in [0.15, 0.2) is 18.2 Å². The molecule has 0 unspecified atom stereocenters. The van der Waals surface area contributed by atoms with Gasteiger partial charge in [0.1, 0.15) is 12.0 Å². The van der Waals surface area contributed by atoms with E-state index in [1.807, 2.05) is 0 Å². The second kappa shape index (κ2) is 4.88. The predicted octanol–water partition coefficient (Wildman–Crippen LogP) is 3.11. The van der Waals surface area contributed by atoms with Gasteiger partial charge < -0.3 is 14.6 Å². The molecule has 1 aliphatic carbocycles. The second-order valence-electron chi connectivity index (χ2n) is 4.74. The van der Waals surface area contributed by atoms with E-state index in [-0.39, 0.29) is 29.9 Å². The molecule has 1 aromatic carbocycles. The highest BCUT2D eigenvalue weighted by Gasteiger charge is 2.63. The maximum absolute atomic E-state index is 12.8. The Morgan fingerprint density at radius 3 is 2.45 bits per heavy atom. The molecule has 1 N–H and O–H groups in total. The number of alkyl halides is 3. The van der Waals surface area contributed by atoms with E-state index >= 15 is 0 Å². The summed E-state index contributed by atoms with van der Waals surface area (Å²) in [7, 11) is 1.30. The van der Waals surface area contributed by atoms with E-state index in [1.165, 1.54) is 25.3 Å². The van der Waals surface area contributed by atoms with E-state index in [0.717, 1.165) is 0 Å². The van der Waals surface area contributed by atoms with Crippen LogP contribution in [-0.4, -0.2) is 31.0 Å². The maximum atomic E-state index is 12.8. The Morgan fingerprint density at radius 1 is 1.35 bits per heavy atom. The number of rotatable bonds is 5. The van der Waals surface area contributed by atoms with Crippen LogP contribution in [0.1, 0.15) is 23.2 Å². The number of benzene rings is 1. The fraction of sp³-hybridized carbons (Fsp3) is 0.462. The maximum Gasteiger partial charge on any atom is 0.397 e. The Balaban J connectivity index is 2.12. The molecule has 1 saturated carbocycles. The molecule has 7 heteroatoms. The number of carboxylic acid groups (broad SMARTS) is 1. The number of hydrogen-bond acceptors (Lipinski definition) is 3. The van der Waals surface area contributed by atoms with Gasteiger partial charge in [-0.25, -0.2) is 4.79 Å². The monoisotopic (exact) mass is 290 g/mol. The Hall–Kier alpha value is -1.92. The average Bonchev–Trinajstić information content (AvgIpc) is 3.16. The highest BCUT2D eigenvalue weighted by atomic mass is 19.4. The summed E-state index contributed by atoms with van der Waals surface area (Å²) in [5.74, 6) is -0.945. The topological polar surface area (TPSA) is 55.8 Å². The van der Waals surface area contributed by atoms with Crippen molar-refractivity contribution < 1.29 is 32.5 Å². The van der Waals surface area contributed by atoms with Gasteiger partial charge in [0.2, 0.25) is 0 Å². The van der Waals surface area contributed by atoms with Crippen LogP contribution in [0.4, 0.5) is 13.2 Å². The molecule has 0 radical (unpaired) electrons. The van der Waals surface area contributed by atoms with Crippen molar-refractivity contribution in [3.05, 3.63) is 23.8 Å². The first-order chi connectivity index (χ1) is 9.29. The summed E-state index contributed by atoms with van der Waals surface area (Å²) in [6, 6.07) is 3.77. The zero-order valence-corrected chi connectivity index (χ0v) is 10.7. The highest BCUT2D eigenvalue weighted by molar-refractivity contribution is 5.88. The second-order valence-corrected chi connectivity index (χ2v) is 4.74. The lowest BCUT2D eigenvalue weighted by Gasteiger charge is -2.20. The molecule has 0 spiro atoms. The molecule has 0 bridgehead atoms. The summed E-state index contributed by atoms with van der Waals surface area (Å²) in [6.07, 6.45) is -4.20. The number of carboxylic acids is 1. The van der Waals surface area contributed by atoms with Gasteiger partial charge in [-0.1, -0.05) is 0 Å². The standard InChI is InChI=1S/C13H13F3O4/c1-19-10-6-8(11(17)18)2-3-9(10)20-7-12(4-5-12)13(14,15)16/h2-3,6H,4-5,7H2,1H3,(H,17,18). The minimum Gasteiger partial charge on any atom is -0.493 e. The fourth-order valence-corrected chi connectivity index (χ4v) is 1.80. The van der Waals surface area contributed by atoms with Crippen LogP contribution in [0.2, 0.25) is 0 Å². The lowest BCUT2D eigenvalue weighted by molar-refractivity contribution is -0.194. The molecular weight excluding hydrogens is 277 g/mol. The molecule has 0 heterocycles. The summed E-state index contributed by atoms with van der Waals surface area (Å²) in [6.45, 7) is -0.487. The van der Waals surface area contributed by atoms with Crippen LogP contribution in [0.5, 0.6) is 11.5 Å². The van der Waals surface area contributed by atoms with Crippen LogP contribution >= 0.6 is 0 Å². The Bertz CT molecular complexity index is 521. The van der Waals surface area contributed by atoms with Gasteiger partial charge in [-0.3, -0.25) is 0 Å². The van der Waals surface area contributed by atoms with Crippen molar-refractivity contribution in [3.8, 4) is 11.5 Å². The number of halogens is 3. The highest BCUT2D eigenvalue weighted by Crippen LogP contribution is 2.57. The molecule has 20 heavy (non-hydrogen) atoms. The normalized spacial score (nSPS) is 16.6. The summed E-state index contributed by atoms with van der Waals surface area (Å²) >= 11 is 0. The van der Waals surface area contributed by atoms with Crippen molar-refractivity contribution in [3.63, 3.8) is 0 Å². The van der Waals surface area contributed by atoms with E-state index in [2.05, 4.69) is 0 Å². The molecule has 4 nitrogen and oxygen atoms in total. The van der Waals surface area contributed by atoms with Gasteiger partial charge in [-0.2, -0.15) is 13.2 Å². The van der Waals surface area contributed by atoms with Crippen molar-refractivity contribution in [1.82, 2.24) is 0 Å². The van der Waals surface area contributed by atoms with E-state index in [9.17, 15) is 18.0 Å². The van der Waals surface area contributed by atoms with Crippen LogP contribution in [0.3, 0.4) is 0 Å². The van der Waals surface area contributed by atoms with Crippen molar-refractivity contribution in [2.45, 2.75) is 19.0 Å². The molecular formula is C13H13F3O4. The number of aromatic carboxylic acids is 1. The van der Waals surface area contributed by atoms with Crippen molar-refractivity contribution in [1.29, 1.82) is 0 Å². The molecule has 110 valence electrons. The van der Waals surface area contributed by atoms with Gasteiger partial charge in [0.15, 0.2) is 11.5 Å². The zero-order chi connectivity index (χ0) is 15.0.